The van der Waals surface area contributed by atoms with Gasteiger partial charge in [-0.05, 0) is 20.8 Å². The van der Waals surface area contributed by atoms with E-state index in [0.717, 1.165) is 69.2 Å². The molecule has 32 nitrogen and oxygen atoms in total. The molecule has 0 spiro atoms. The van der Waals surface area contributed by atoms with E-state index in [1.807, 2.05) is 0 Å². The van der Waals surface area contributed by atoms with E-state index < -0.39 is 208 Å². The average Bonchev–Trinajstić information content (AvgIpc) is 3.35. The molecule has 0 aromatic heterocycles. The molecule has 460 valence electrons. The zero-order valence-electron chi connectivity index (χ0n) is 47.3. The van der Waals surface area contributed by atoms with Gasteiger partial charge in [-0.25, -0.2) is 9.59 Å². The lowest BCUT2D eigenvalue weighted by Crippen LogP contribution is -2.67. The first-order valence-electron chi connectivity index (χ1n) is 25.1. The van der Waals surface area contributed by atoms with Crippen molar-refractivity contribution in [2.45, 2.75) is 200 Å². The van der Waals surface area contributed by atoms with Crippen LogP contribution in [0.1, 0.15) is 96.4 Å². The zero-order chi connectivity index (χ0) is 61.9. The van der Waals surface area contributed by atoms with Gasteiger partial charge in [0, 0.05) is 69.2 Å². The highest BCUT2D eigenvalue weighted by Gasteiger charge is 2.57. The molecule has 0 aliphatic carbocycles. The van der Waals surface area contributed by atoms with Crippen LogP contribution in [0.25, 0.3) is 0 Å². The minimum absolute atomic E-state index is 0.295. The lowest BCUT2D eigenvalue weighted by atomic mass is 9.96. The van der Waals surface area contributed by atoms with Crippen molar-refractivity contribution in [3.63, 3.8) is 0 Å². The van der Waals surface area contributed by atoms with Gasteiger partial charge in [-0.1, -0.05) is 12.7 Å². The monoisotopic (exact) mass is 1180 g/mol. The van der Waals surface area contributed by atoms with Crippen molar-refractivity contribution in [3.05, 3.63) is 12.7 Å². The van der Waals surface area contributed by atoms with Gasteiger partial charge in [0.1, 0.15) is 43.2 Å². The van der Waals surface area contributed by atoms with Crippen molar-refractivity contribution in [1.82, 2.24) is 10.6 Å². The normalized spacial score (nSPS) is 28.0. The van der Waals surface area contributed by atoms with Crippen LogP contribution in [-0.2, 0) is 138 Å². The molecule has 2 N–H and O–H groups in total. The second-order valence-corrected chi connectivity index (χ2v) is 19.2. The van der Waals surface area contributed by atoms with E-state index in [9.17, 15) is 62.3 Å². The number of alkyl carbamates (subject to hydrolysis) is 1. The minimum Gasteiger partial charge on any atom is -0.463 e. The van der Waals surface area contributed by atoms with Crippen molar-refractivity contribution < 1.29 is 143 Å². The number of hydrogen-bond acceptors (Lipinski definition) is 30. The Morgan fingerprint density at radius 1 is 0.451 bits per heavy atom. The summed E-state index contributed by atoms with van der Waals surface area (Å²) in [6.45, 7) is 14.8. The van der Waals surface area contributed by atoms with Crippen molar-refractivity contribution in [3.8, 4) is 0 Å². The first-order valence-corrected chi connectivity index (χ1v) is 25.1. The lowest BCUT2D eigenvalue weighted by molar-refractivity contribution is -0.339. The molecule has 0 radical (unpaired) electrons. The third-order valence-electron chi connectivity index (χ3n) is 10.8. The summed E-state index contributed by atoms with van der Waals surface area (Å²) in [6.07, 6.45) is -28.0. The van der Waals surface area contributed by atoms with E-state index in [2.05, 4.69) is 17.2 Å². The smallest absolute Gasteiger partial charge is 0.408 e. The number of hydrogen-bond donors (Lipinski definition) is 2. The Balaban J connectivity index is 2.20. The molecule has 82 heavy (non-hydrogen) atoms. The molecule has 3 rings (SSSR count). The van der Waals surface area contributed by atoms with Crippen molar-refractivity contribution in [2.75, 3.05) is 26.4 Å². The highest BCUT2D eigenvalue weighted by Crippen LogP contribution is 2.35. The Morgan fingerprint density at radius 2 is 0.793 bits per heavy atom. The fourth-order valence-electron chi connectivity index (χ4n) is 8.26. The molecule has 0 aromatic rings. The van der Waals surface area contributed by atoms with Gasteiger partial charge in [-0.15, -0.1) is 0 Å². The zero-order valence-corrected chi connectivity index (χ0v) is 47.3. The molecule has 16 atom stereocenters. The second-order valence-electron chi connectivity index (χ2n) is 19.2. The Hall–Kier alpha value is -7.55. The Kier molecular flexibility index (Phi) is 26.5. The predicted molar refractivity (Wildman–Crippen MR) is 262 cm³/mol. The maximum Gasteiger partial charge on any atom is 0.408 e. The standard InChI is InChI=1S/C50H70N2O30/c1-15-16-66-49(65)51-31(46(64)82-50(12,13)14)17-35(63)52-45-42(76-28(9)60)39(73-25(6)57)36(70-22(3)54)32(79-45)19-68-47-44(78-30(11)62)41(75-27(8)59)38(72-24(5)56)34(81-47)20-69-48-43(77-29(10)61)40(74-26(7)58)37(71-23(4)55)33(80-48)18-67-21(2)53/h15,31-34,36-45,47-48H,1,16-20H2,2-14H3,(H,51,65)(H,52,63)/t31-,32+,33+,34+,36+,37+,38+,39-,40-,41-,42+,43+,44+,45-,47+,48-/m0/s1. The number of carbonyl (C=O) groups is 13. The van der Waals surface area contributed by atoms with E-state index in [1.165, 1.54) is 26.8 Å². The van der Waals surface area contributed by atoms with Gasteiger partial charge < -0.3 is 91.2 Å². The van der Waals surface area contributed by atoms with Gasteiger partial charge in [0.2, 0.25) is 5.91 Å². The molecule has 3 aliphatic rings. The summed E-state index contributed by atoms with van der Waals surface area (Å²) in [4.78, 5) is 166. The number of ether oxygens (including phenoxy) is 17. The summed E-state index contributed by atoms with van der Waals surface area (Å²) >= 11 is 0. The predicted octanol–water partition coefficient (Wildman–Crippen LogP) is -0.728. The van der Waals surface area contributed by atoms with Crippen molar-refractivity contribution >= 4 is 77.7 Å². The number of nitrogens with one attached hydrogen (secondary N) is 2. The summed E-state index contributed by atoms with van der Waals surface area (Å²) < 4.78 is 95.9. The third kappa shape index (κ3) is 22.4. The molecular formula is C50H70N2O30. The molecule has 32 heteroatoms. The minimum atomic E-state index is -2.02. The summed E-state index contributed by atoms with van der Waals surface area (Å²) in [5.74, 6) is -12.2. The van der Waals surface area contributed by atoms with E-state index in [0.29, 0.717) is 0 Å². The quantitative estimate of drug-likeness (QED) is 0.0683. The second kappa shape index (κ2) is 31.6. The van der Waals surface area contributed by atoms with Crippen LogP contribution in [0, 0.1) is 0 Å². The van der Waals surface area contributed by atoms with E-state index in [-0.39, 0.29) is 6.61 Å². The molecule has 3 fully saturated rings. The maximum atomic E-state index is 14.0. The summed E-state index contributed by atoms with van der Waals surface area (Å²) in [6, 6.07) is -1.74. The molecule has 2 amide bonds. The molecule has 3 saturated heterocycles. The van der Waals surface area contributed by atoms with Crippen LogP contribution in [0.5, 0.6) is 0 Å². The number of carbonyl (C=O) groups excluding carboxylic acids is 13. The molecule has 0 aromatic carbocycles. The fourth-order valence-corrected chi connectivity index (χ4v) is 8.26. The van der Waals surface area contributed by atoms with E-state index >= 15 is 0 Å². The Morgan fingerprint density at radius 3 is 1.16 bits per heavy atom. The van der Waals surface area contributed by atoms with Crippen molar-refractivity contribution in [1.29, 1.82) is 0 Å². The molecule has 0 bridgehead atoms. The maximum absolute atomic E-state index is 14.0. The summed E-state index contributed by atoms with van der Waals surface area (Å²) in [5, 5.41) is 4.62. The lowest BCUT2D eigenvalue weighted by Gasteiger charge is -2.47. The van der Waals surface area contributed by atoms with Gasteiger partial charge in [-0.2, -0.15) is 0 Å². The molecule has 0 unspecified atom stereocenters. The number of esters is 11. The first-order chi connectivity index (χ1) is 38.2. The van der Waals surface area contributed by atoms with E-state index in [4.69, 9.17) is 80.5 Å². The SMILES string of the molecule is C=CCOC(=O)N[C@@H](CC(=O)N[C@H]1O[C@H](CO[C@@H]2O[C@H](CO[C@H]3O[C@H](COC(C)=O)[C@@H](OC(C)=O)[C@H](OC(C)=O)[C@H]3OC(C)=O)[C@@H](OC(C)=O)[C@H](OC(C)=O)[C@H]2OC(C)=O)[C@@H](OC(C)=O)[C@H](OC(C)=O)[C@H]1OC(C)=O)C(=O)OC(C)(C)C. The topological polar surface area (TPSA) is 403 Å². The summed E-state index contributed by atoms with van der Waals surface area (Å²) in [7, 11) is 0. The van der Waals surface area contributed by atoms with Crippen LogP contribution in [0.3, 0.4) is 0 Å². The molecule has 3 heterocycles. The van der Waals surface area contributed by atoms with Crippen LogP contribution in [0.4, 0.5) is 4.79 Å². The van der Waals surface area contributed by atoms with Crippen molar-refractivity contribution in [2.24, 2.45) is 0 Å². The van der Waals surface area contributed by atoms with Crippen LogP contribution >= 0.6 is 0 Å². The van der Waals surface area contributed by atoms with Crippen LogP contribution < -0.4 is 10.6 Å². The van der Waals surface area contributed by atoms with Gasteiger partial charge in [-0.3, -0.25) is 52.7 Å². The fraction of sp³-hybridized carbons (Fsp3) is 0.700. The molecular weight excluding hydrogens is 1110 g/mol. The first kappa shape index (κ1) is 68.7. The van der Waals surface area contributed by atoms with Crippen LogP contribution in [0.15, 0.2) is 12.7 Å². The van der Waals surface area contributed by atoms with Gasteiger partial charge in [0.25, 0.3) is 0 Å². The Labute approximate surface area is 469 Å². The third-order valence-corrected chi connectivity index (χ3v) is 10.8. The molecule has 3 aliphatic heterocycles. The molecule has 0 saturated carbocycles. The summed E-state index contributed by atoms with van der Waals surface area (Å²) in [5.41, 5.74) is -1.13. The highest BCUT2D eigenvalue weighted by atomic mass is 16.8. The van der Waals surface area contributed by atoms with Gasteiger partial charge in [0.05, 0.1) is 19.6 Å². The average molecular weight is 1180 g/mol. The van der Waals surface area contributed by atoms with Gasteiger partial charge in [0.15, 0.2) is 73.7 Å². The Bertz CT molecular complexity index is 2350. The van der Waals surface area contributed by atoms with Crippen LogP contribution in [-0.4, -0.2) is 208 Å². The number of amides is 2. The van der Waals surface area contributed by atoms with Gasteiger partial charge >= 0.3 is 71.8 Å². The van der Waals surface area contributed by atoms with Crippen LogP contribution in [0.2, 0.25) is 0 Å². The largest absolute Gasteiger partial charge is 0.463 e. The van der Waals surface area contributed by atoms with E-state index in [1.54, 1.807) is 0 Å². The highest BCUT2D eigenvalue weighted by molar-refractivity contribution is 5.88. The number of rotatable bonds is 24.